The number of ether oxygens (including phenoxy) is 1. The summed E-state index contributed by atoms with van der Waals surface area (Å²) in [7, 11) is 0. The highest BCUT2D eigenvalue weighted by atomic mass is 127. The number of carbonyl (C=O) groups is 1. The van der Waals surface area contributed by atoms with E-state index in [1.165, 1.54) is 12.1 Å². The smallest absolute Gasteiger partial charge is 0.256 e. The molecule has 2 aliphatic heterocycles. The van der Waals surface area contributed by atoms with Crippen LogP contribution in [0, 0.1) is 21.0 Å². The summed E-state index contributed by atoms with van der Waals surface area (Å²) in [6, 6.07) is 4.66. The predicted molar refractivity (Wildman–Crippen MR) is 131 cm³/mol. The Hall–Kier alpha value is -2.05. The van der Waals surface area contributed by atoms with Gasteiger partial charge in [0.1, 0.15) is 29.7 Å². The Balaban J connectivity index is 1.43. The molecule has 5 atom stereocenters. The Labute approximate surface area is 222 Å². The van der Waals surface area contributed by atoms with Crippen LogP contribution in [0.4, 0.5) is 24.5 Å². The lowest BCUT2D eigenvalue weighted by molar-refractivity contribution is -0.256. The van der Waals surface area contributed by atoms with Crippen LogP contribution in [-0.4, -0.2) is 98.8 Å². The molecule has 2 aromatic carbocycles. The Kier molecular flexibility index (Phi) is 8.30. The zero-order valence-electron chi connectivity index (χ0n) is 19.1. The summed E-state index contributed by atoms with van der Waals surface area (Å²) in [4.78, 5) is 14.2. The van der Waals surface area contributed by atoms with Gasteiger partial charge in [0.15, 0.2) is 17.9 Å². The largest absolute Gasteiger partial charge is 0.394 e. The molecule has 0 bridgehead atoms. The summed E-state index contributed by atoms with van der Waals surface area (Å²) in [5.41, 5.74) is -2.52. The average molecular weight is 639 g/mol. The number of hydrogen-bond acceptors (Lipinski definition) is 9. The molecule has 202 valence electrons. The number of benzene rings is 2. The number of nitrogens with one attached hydrogen (secondary N) is 2. The molecule has 2 aliphatic rings. The maximum atomic E-state index is 14.7. The van der Waals surface area contributed by atoms with E-state index in [1.807, 2.05) is 22.6 Å². The van der Waals surface area contributed by atoms with Crippen LogP contribution in [0.1, 0.15) is 10.4 Å². The minimum Gasteiger partial charge on any atom is -0.394 e. The predicted octanol–water partition coefficient (Wildman–Crippen LogP) is 0.0285. The number of likely N-dealkylation sites (tertiary alicyclic amines) is 1. The topological polar surface area (TPSA) is 155 Å². The van der Waals surface area contributed by atoms with Crippen molar-refractivity contribution in [1.29, 1.82) is 0 Å². The summed E-state index contributed by atoms with van der Waals surface area (Å²) in [5, 5.41) is 55.3. The third kappa shape index (κ3) is 5.70. The highest BCUT2D eigenvalue weighted by molar-refractivity contribution is 14.1. The Bertz CT molecular complexity index is 1170. The lowest BCUT2D eigenvalue weighted by Gasteiger charge is -2.48. The zero-order valence-corrected chi connectivity index (χ0v) is 21.3. The van der Waals surface area contributed by atoms with Gasteiger partial charge in [0.2, 0.25) is 0 Å². The number of rotatable bonds is 7. The molecule has 0 saturated carbocycles. The van der Waals surface area contributed by atoms with Gasteiger partial charge in [-0.2, -0.15) is 0 Å². The van der Waals surface area contributed by atoms with E-state index >= 15 is 0 Å². The monoisotopic (exact) mass is 639 g/mol. The molecule has 1 amide bonds. The van der Waals surface area contributed by atoms with Crippen LogP contribution in [0.5, 0.6) is 0 Å². The van der Waals surface area contributed by atoms with Crippen LogP contribution in [0.3, 0.4) is 0 Å². The van der Waals surface area contributed by atoms with E-state index in [0.717, 1.165) is 17.0 Å². The number of nitrogens with zero attached hydrogens (tertiary/aromatic N) is 1. The van der Waals surface area contributed by atoms with Crippen molar-refractivity contribution in [2.24, 2.45) is 0 Å². The SMILES string of the molecule is O=C(c1ccc(F)c(F)c1Nc1ccc(I)cc1F)N1CC(O)(CNC2[C@@H](O)[C@H](O)[C@@H](CO)O[C@@H]2O)C1. The summed E-state index contributed by atoms with van der Waals surface area (Å²) >= 11 is 1.88. The van der Waals surface area contributed by atoms with Crippen molar-refractivity contribution < 1.29 is 48.2 Å². The molecule has 7 N–H and O–H groups in total. The van der Waals surface area contributed by atoms with Crippen molar-refractivity contribution >= 4 is 39.9 Å². The van der Waals surface area contributed by atoms with Gasteiger partial charge in [-0.1, -0.05) is 0 Å². The first-order valence-corrected chi connectivity index (χ1v) is 12.3. The summed E-state index contributed by atoms with van der Waals surface area (Å²) in [6.07, 6.45) is -5.78. The number of hydrogen-bond donors (Lipinski definition) is 7. The van der Waals surface area contributed by atoms with E-state index in [1.54, 1.807) is 6.07 Å². The molecule has 0 spiro atoms. The molecule has 0 aliphatic carbocycles. The third-order valence-corrected chi connectivity index (χ3v) is 7.01. The van der Waals surface area contributed by atoms with Gasteiger partial charge in [-0.05, 0) is 52.9 Å². The fraction of sp³-hybridized carbons (Fsp3) is 0.435. The first-order chi connectivity index (χ1) is 17.4. The maximum absolute atomic E-state index is 14.7. The molecule has 37 heavy (non-hydrogen) atoms. The molecular weight excluding hydrogens is 614 g/mol. The van der Waals surface area contributed by atoms with Crippen LogP contribution >= 0.6 is 22.6 Å². The molecule has 0 radical (unpaired) electrons. The molecule has 10 nitrogen and oxygen atoms in total. The number of amides is 1. The molecule has 2 heterocycles. The number of aliphatic hydroxyl groups excluding tert-OH is 4. The van der Waals surface area contributed by atoms with Crippen LogP contribution in [0.2, 0.25) is 0 Å². The minimum absolute atomic E-state index is 0.166. The van der Waals surface area contributed by atoms with Crippen molar-refractivity contribution in [3.8, 4) is 0 Å². The van der Waals surface area contributed by atoms with E-state index in [2.05, 4.69) is 10.6 Å². The van der Waals surface area contributed by atoms with E-state index in [-0.39, 0.29) is 30.9 Å². The molecule has 0 aromatic heterocycles. The van der Waals surface area contributed by atoms with E-state index < -0.39 is 71.9 Å². The highest BCUT2D eigenvalue weighted by Gasteiger charge is 2.48. The number of halogens is 4. The van der Waals surface area contributed by atoms with E-state index in [0.29, 0.717) is 3.57 Å². The molecular formula is C23H25F3IN3O7. The lowest BCUT2D eigenvalue weighted by atomic mass is 9.91. The molecule has 2 aromatic rings. The molecule has 4 rings (SSSR count). The normalized spacial score (nSPS) is 27.1. The number of β-amino-alcohol motifs (C(OH)–C–C–N with tert-alkyl or cyclic N) is 1. The van der Waals surface area contributed by atoms with Gasteiger partial charge in [0.05, 0.1) is 42.7 Å². The fourth-order valence-corrected chi connectivity index (χ4v) is 4.75. The van der Waals surface area contributed by atoms with Crippen molar-refractivity contribution in [2.45, 2.75) is 36.2 Å². The van der Waals surface area contributed by atoms with Crippen LogP contribution in [0.25, 0.3) is 0 Å². The Morgan fingerprint density at radius 1 is 1.11 bits per heavy atom. The molecule has 1 unspecified atom stereocenters. The van der Waals surface area contributed by atoms with E-state index in [9.17, 15) is 38.4 Å². The third-order valence-electron chi connectivity index (χ3n) is 6.34. The van der Waals surface area contributed by atoms with Gasteiger partial charge in [-0.3, -0.25) is 4.79 Å². The fourth-order valence-electron chi connectivity index (χ4n) is 4.29. The van der Waals surface area contributed by atoms with Gasteiger partial charge in [0, 0.05) is 10.1 Å². The van der Waals surface area contributed by atoms with Crippen molar-refractivity contribution in [3.05, 3.63) is 56.9 Å². The number of carbonyl (C=O) groups excluding carboxylic acids is 1. The second-order valence-electron chi connectivity index (χ2n) is 9.05. The van der Waals surface area contributed by atoms with Gasteiger partial charge in [-0.15, -0.1) is 0 Å². The second kappa shape index (κ2) is 11.0. The first kappa shape index (κ1) is 28.0. The van der Waals surface area contributed by atoms with Crippen LogP contribution < -0.4 is 10.6 Å². The minimum atomic E-state index is -1.59. The zero-order chi connectivity index (χ0) is 27.1. The maximum Gasteiger partial charge on any atom is 0.256 e. The number of anilines is 2. The van der Waals surface area contributed by atoms with Crippen molar-refractivity contribution in [3.63, 3.8) is 0 Å². The summed E-state index contributed by atoms with van der Waals surface area (Å²) in [6.45, 7) is -1.33. The number of aliphatic hydroxyl groups is 5. The standard InChI is InChI=1S/C23H25F3IN3O7/c24-12-3-2-11(17(16(12)26)29-14-4-1-10(27)5-13(14)25)21(34)30-8-23(36,9-30)7-28-18-20(33)19(32)15(6-31)37-22(18)35/h1-5,15,18-20,22,28-29,31-33,35-36H,6-9H2/t15-,18?,19-,20-,22+/m1/s1. The average Bonchev–Trinajstić information content (AvgIpc) is 2.83. The van der Waals surface area contributed by atoms with E-state index in [4.69, 9.17) is 9.84 Å². The quantitative estimate of drug-likeness (QED) is 0.208. The summed E-state index contributed by atoms with van der Waals surface area (Å²) < 4.78 is 48.5. The van der Waals surface area contributed by atoms with Gasteiger partial charge < -0.3 is 45.8 Å². The second-order valence-corrected chi connectivity index (χ2v) is 10.3. The van der Waals surface area contributed by atoms with Crippen LogP contribution in [-0.2, 0) is 4.74 Å². The van der Waals surface area contributed by atoms with Crippen LogP contribution in [0.15, 0.2) is 30.3 Å². The lowest BCUT2D eigenvalue weighted by Crippen LogP contribution is -2.70. The van der Waals surface area contributed by atoms with Gasteiger partial charge in [0.25, 0.3) is 5.91 Å². The molecule has 2 fully saturated rings. The highest BCUT2D eigenvalue weighted by Crippen LogP contribution is 2.32. The first-order valence-electron chi connectivity index (χ1n) is 11.2. The van der Waals surface area contributed by atoms with Crippen molar-refractivity contribution in [1.82, 2.24) is 10.2 Å². The summed E-state index contributed by atoms with van der Waals surface area (Å²) in [5.74, 6) is -4.10. The van der Waals surface area contributed by atoms with Gasteiger partial charge >= 0.3 is 0 Å². The van der Waals surface area contributed by atoms with Crippen molar-refractivity contribution in [2.75, 3.05) is 31.6 Å². The molecule has 2 saturated heterocycles. The Morgan fingerprint density at radius 3 is 2.46 bits per heavy atom. The Morgan fingerprint density at radius 2 is 1.81 bits per heavy atom. The van der Waals surface area contributed by atoms with Gasteiger partial charge in [-0.25, -0.2) is 13.2 Å². The molecule has 14 heteroatoms.